The van der Waals surface area contributed by atoms with Crippen LogP contribution in [-0.4, -0.2) is 10.1 Å². The van der Waals surface area contributed by atoms with Gasteiger partial charge in [-0.1, -0.05) is 16.8 Å². The third kappa shape index (κ3) is 1.61. The van der Waals surface area contributed by atoms with Crippen molar-refractivity contribution in [1.29, 1.82) is 0 Å². The fraction of sp³-hybridized carbons (Fsp3) is 0.111. The first-order chi connectivity index (χ1) is 6.66. The van der Waals surface area contributed by atoms with Gasteiger partial charge in [0.05, 0.1) is 5.56 Å². The number of nitrogens with zero attached hydrogens (tertiary/aromatic N) is 2. The zero-order chi connectivity index (χ0) is 10.1. The summed E-state index contributed by atoms with van der Waals surface area (Å²) in [5, 5.41) is 3.91. The van der Waals surface area contributed by atoms with Crippen LogP contribution in [-0.2, 0) is 0 Å². The molecular weight excluding hydrogens is 207 g/mol. The largest absolute Gasteiger partial charge is 0.334 e. The van der Waals surface area contributed by atoms with Crippen molar-refractivity contribution in [2.24, 2.45) is 0 Å². The maximum atomic E-state index is 13.3. The fourth-order valence-electron chi connectivity index (χ4n) is 1.07. The summed E-state index contributed by atoms with van der Waals surface area (Å²) in [5.74, 6) is 0.159. The lowest BCUT2D eigenvalue weighted by molar-refractivity contribution is 0.423. The summed E-state index contributed by atoms with van der Waals surface area (Å²) in [4.78, 5) is 3.91. The Bertz CT molecular complexity index is 470. The van der Waals surface area contributed by atoms with E-state index in [-0.39, 0.29) is 11.5 Å². The van der Waals surface area contributed by atoms with Gasteiger partial charge in [0.15, 0.2) is 5.82 Å². The molecule has 0 radical (unpaired) electrons. The number of aromatic nitrogens is 2. The van der Waals surface area contributed by atoms with E-state index in [0.717, 1.165) is 0 Å². The van der Waals surface area contributed by atoms with Crippen molar-refractivity contribution in [2.45, 2.75) is 6.92 Å². The van der Waals surface area contributed by atoms with Crippen LogP contribution in [0.2, 0.25) is 5.02 Å². The SMILES string of the molecule is Cc1noc(-c2ccc(Cl)cc2F)n1. The van der Waals surface area contributed by atoms with Crippen LogP contribution in [0, 0.1) is 12.7 Å². The predicted molar refractivity (Wildman–Crippen MR) is 49.4 cm³/mol. The Kier molecular flexibility index (Phi) is 2.21. The van der Waals surface area contributed by atoms with Gasteiger partial charge in [0.2, 0.25) is 0 Å². The molecule has 0 N–H and O–H groups in total. The van der Waals surface area contributed by atoms with Crippen LogP contribution in [0.4, 0.5) is 4.39 Å². The lowest BCUT2D eigenvalue weighted by atomic mass is 10.2. The molecule has 0 unspecified atom stereocenters. The molecular formula is C9H6ClFN2O. The van der Waals surface area contributed by atoms with Crippen LogP contribution < -0.4 is 0 Å². The number of halogens is 2. The van der Waals surface area contributed by atoms with Gasteiger partial charge in [-0.2, -0.15) is 4.98 Å². The Labute approximate surface area is 84.5 Å². The molecule has 0 saturated carbocycles. The zero-order valence-electron chi connectivity index (χ0n) is 7.29. The third-order valence-corrected chi connectivity index (χ3v) is 1.92. The van der Waals surface area contributed by atoms with Crippen LogP contribution in [0.3, 0.4) is 0 Å². The van der Waals surface area contributed by atoms with E-state index in [2.05, 4.69) is 10.1 Å². The van der Waals surface area contributed by atoms with Crippen LogP contribution in [0.15, 0.2) is 22.7 Å². The van der Waals surface area contributed by atoms with Gasteiger partial charge in [0.1, 0.15) is 5.82 Å². The normalized spacial score (nSPS) is 10.5. The maximum absolute atomic E-state index is 13.3. The van der Waals surface area contributed by atoms with E-state index in [1.807, 2.05) is 0 Å². The van der Waals surface area contributed by atoms with Gasteiger partial charge in [0.25, 0.3) is 5.89 Å². The molecule has 3 nitrogen and oxygen atoms in total. The van der Waals surface area contributed by atoms with Gasteiger partial charge in [-0.05, 0) is 25.1 Å². The van der Waals surface area contributed by atoms with Crippen LogP contribution >= 0.6 is 11.6 Å². The summed E-state index contributed by atoms with van der Waals surface area (Å²) in [6, 6.07) is 4.28. The molecule has 1 aromatic heterocycles. The molecule has 1 aromatic carbocycles. The molecule has 2 rings (SSSR count). The van der Waals surface area contributed by atoms with Gasteiger partial charge in [-0.3, -0.25) is 0 Å². The number of benzene rings is 1. The molecule has 0 atom stereocenters. The quantitative estimate of drug-likeness (QED) is 0.730. The molecule has 72 valence electrons. The first-order valence-corrected chi connectivity index (χ1v) is 4.30. The molecule has 0 aliphatic rings. The predicted octanol–water partition coefficient (Wildman–Crippen LogP) is 2.84. The second-order valence-electron chi connectivity index (χ2n) is 2.77. The third-order valence-electron chi connectivity index (χ3n) is 1.69. The van der Waals surface area contributed by atoms with E-state index in [1.165, 1.54) is 12.1 Å². The van der Waals surface area contributed by atoms with E-state index in [1.54, 1.807) is 13.0 Å². The topological polar surface area (TPSA) is 38.9 Å². The first-order valence-electron chi connectivity index (χ1n) is 3.92. The van der Waals surface area contributed by atoms with Crippen LogP contribution in [0.25, 0.3) is 11.5 Å². The van der Waals surface area contributed by atoms with Gasteiger partial charge < -0.3 is 4.52 Å². The molecule has 0 bridgehead atoms. The number of aryl methyl sites for hydroxylation is 1. The van der Waals surface area contributed by atoms with E-state index in [9.17, 15) is 4.39 Å². The van der Waals surface area contributed by atoms with Crippen molar-refractivity contribution >= 4 is 11.6 Å². The Hall–Kier alpha value is -1.42. The minimum Gasteiger partial charge on any atom is -0.334 e. The van der Waals surface area contributed by atoms with Crippen molar-refractivity contribution in [3.05, 3.63) is 34.9 Å². The fourth-order valence-corrected chi connectivity index (χ4v) is 1.23. The minimum absolute atomic E-state index is 0.164. The molecule has 0 spiro atoms. The lowest BCUT2D eigenvalue weighted by Crippen LogP contribution is -1.84. The highest BCUT2D eigenvalue weighted by Gasteiger charge is 2.11. The summed E-state index contributed by atoms with van der Waals surface area (Å²) in [6.07, 6.45) is 0. The summed E-state index contributed by atoms with van der Waals surface area (Å²) < 4.78 is 18.2. The highest BCUT2D eigenvalue weighted by atomic mass is 35.5. The van der Waals surface area contributed by atoms with Crippen molar-refractivity contribution in [3.8, 4) is 11.5 Å². The smallest absolute Gasteiger partial charge is 0.260 e. The Morgan fingerprint density at radius 3 is 2.79 bits per heavy atom. The van der Waals surface area contributed by atoms with Gasteiger partial charge in [0, 0.05) is 5.02 Å². The van der Waals surface area contributed by atoms with E-state index in [4.69, 9.17) is 16.1 Å². The Balaban J connectivity index is 2.52. The number of hydrogen-bond acceptors (Lipinski definition) is 3. The van der Waals surface area contributed by atoms with Crippen LogP contribution in [0.1, 0.15) is 5.82 Å². The summed E-state index contributed by atoms with van der Waals surface area (Å²) in [6.45, 7) is 1.67. The van der Waals surface area contributed by atoms with E-state index >= 15 is 0 Å². The Morgan fingerprint density at radius 1 is 1.43 bits per heavy atom. The number of rotatable bonds is 1. The lowest BCUT2D eigenvalue weighted by Gasteiger charge is -1.96. The molecule has 0 aliphatic heterocycles. The molecule has 5 heteroatoms. The second kappa shape index (κ2) is 3.38. The standard InChI is InChI=1S/C9H6ClFN2O/c1-5-12-9(14-13-5)7-3-2-6(10)4-8(7)11/h2-4H,1H3. The molecule has 0 aliphatic carbocycles. The maximum Gasteiger partial charge on any atom is 0.260 e. The van der Waals surface area contributed by atoms with Crippen molar-refractivity contribution in [2.75, 3.05) is 0 Å². The van der Waals surface area contributed by atoms with E-state index < -0.39 is 5.82 Å². The highest BCUT2D eigenvalue weighted by Crippen LogP contribution is 2.23. The monoisotopic (exact) mass is 212 g/mol. The molecule has 1 heterocycles. The highest BCUT2D eigenvalue weighted by molar-refractivity contribution is 6.30. The first kappa shape index (κ1) is 9.15. The zero-order valence-corrected chi connectivity index (χ0v) is 8.05. The van der Waals surface area contributed by atoms with Gasteiger partial charge in [-0.25, -0.2) is 4.39 Å². The summed E-state index contributed by atoms with van der Waals surface area (Å²) >= 11 is 5.60. The minimum atomic E-state index is -0.471. The molecule has 14 heavy (non-hydrogen) atoms. The number of hydrogen-bond donors (Lipinski definition) is 0. The summed E-state index contributed by atoms with van der Waals surface area (Å²) in [5.41, 5.74) is 0.259. The molecule has 2 aromatic rings. The van der Waals surface area contributed by atoms with Crippen molar-refractivity contribution in [1.82, 2.24) is 10.1 Å². The Morgan fingerprint density at radius 2 is 2.21 bits per heavy atom. The van der Waals surface area contributed by atoms with E-state index in [0.29, 0.717) is 10.8 Å². The second-order valence-corrected chi connectivity index (χ2v) is 3.21. The summed E-state index contributed by atoms with van der Waals surface area (Å²) in [7, 11) is 0. The molecule has 0 saturated heterocycles. The molecule has 0 fully saturated rings. The van der Waals surface area contributed by atoms with Crippen molar-refractivity contribution in [3.63, 3.8) is 0 Å². The van der Waals surface area contributed by atoms with Gasteiger partial charge in [-0.15, -0.1) is 0 Å². The average molecular weight is 213 g/mol. The average Bonchev–Trinajstić information content (AvgIpc) is 2.51. The van der Waals surface area contributed by atoms with Crippen molar-refractivity contribution < 1.29 is 8.91 Å². The van der Waals surface area contributed by atoms with Gasteiger partial charge >= 0.3 is 0 Å². The van der Waals surface area contributed by atoms with Crippen LogP contribution in [0.5, 0.6) is 0 Å². The molecule has 0 amide bonds.